The van der Waals surface area contributed by atoms with Crippen LogP contribution < -0.4 is 24.2 Å². The predicted octanol–water partition coefficient (Wildman–Crippen LogP) is 4.16. The molecule has 0 atom stereocenters. The summed E-state index contributed by atoms with van der Waals surface area (Å²) in [5.74, 6) is 1.25. The van der Waals surface area contributed by atoms with E-state index < -0.39 is 10.0 Å². The van der Waals surface area contributed by atoms with Crippen molar-refractivity contribution in [2.75, 3.05) is 23.4 Å². The standard InChI is InChI=1S/C24H24N2O6S/c1-15-4-5-19(10-16(15)2)26-33(28,29)20-7-9-21(17(3)11-20)30-13-24(27)25-18-6-8-22-23(12-18)32-14-31-22/h4-12,26H,13-14H2,1-3H3,(H,25,27). The lowest BCUT2D eigenvalue weighted by molar-refractivity contribution is -0.118. The van der Waals surface area contributed by atoms with Crippen molar-refractivity contribution in [1.29, 1.82) is 0 Å². The zero-order valence-electron chi connectivity index (χ0n) is 18.5. The maximum absolute atomic E-state index is 12.8. The number of carbonyl (C=O) groups excluding carboxylic acids is 1. The highest BCUT2D eigenvalue weighted by Gasteiger charge is 2.17. The van der Waals surface area contributed by atoms with Gasteiger partial charge in [0, 0.05) is 17.4 Å². The zero-order chi connectivity index (χ0) is 23.6. The van der Waals surface area contributed by atoms with E-state index >= 15 is 0 Å². The molecule has 0 aliphatic carbocycles. The maximum atomic E-state index is 12.8. The van der Waals surface area contributed by atoms with E-state index in [1.54, 1.807) is 37.3 Å². The Morgan fingerprint density at radius 3 is 2.39 bits per heavy atom. The van der Waals surface area contributed by atoms with Crippen molar-refractivity contribution in [3.05, 3.63) is 71.3 Å². The molecular formula is C24H24N2O6S. The molecule has 8 nitrogen and oxygen atoms in total. The third kappa shape index (κ3) is 5.20. The second-order valence-corrected chi connectivity index (χ2v) is 9.42. The Morgan fingerprint density at radius 1 is 0.879 bits per heavy atom. The van der Waals surface area contributed by atoms with Crippen molar-refractivity contribution in [1.82, 2.24) is 0 Å². The van der Waals surface area contributed by atoms with Gasteiger partial charge in [0.25, 0.3) is 15.9 Å². The molecule has 0 fully saturated rings. The minimum Gasteiger partial charge on any atom is -0.483 e. The van der Waals surface area contributed by atoms with E-state index in [1.807, 2.05) is 19.9 Å². The number of amides is 1. The summed E-state index contributed by atoms with van der Waals surface area (Å²) in [5.41, 5.74) is 3.72. The van der Waals surface area contributed by atoms with Gasteiger partial charge in [-0.05, 0) is 79.9 Å². The molecule has 2 N–H and O–H groups in total. The van der Waals surface area contributed by atoms with Gasteiger partial charge in [-0.2, -0.15) is 0 Å². The van der Waals surface area contributed by atoms with Gasteiger partial charge in [-0.15, -0.1) is 0 Å². The van der Waals surface area contributed by atoms with Crippen LogP contribution in [0.25, 0.3) is 0 Å². The van der Waals surface area contributed by atoms with Crippen molar-refractivity contribution >= 4 is 27.3 Å². The molecule has 0 saturated carbocycles. The van der Waals surface area contributed by atoms with Gasteiger partial charge in [-0.3, -0.25) is 9.52 Å². The number of ether oxygens (including phenoxy) is 3. The number of benzene rings is 3. The lowest BCUT2D eigenvalue weighted by atomic mass is 10.1. The van der Waals surface area contributed by atoms with Crippen molar-refractivity contribution in [2.24, 2.45) is 0 Å². The third-order valence-corrected chi connectivity index (χ3v) is 6.61. The van der Waals surface area contributed by atoms with E-state index in [9.17, 15) is 13.2 Å². The number of sulfonamides is 1. The smallest absolute Gasteiger partial charge is 0.262 e. The Hall–Kier alpha value is -3.72. The summed E-state index contributed by atoms with van der Waals surface area (Å²) in [6.45, 7) is 5.53. The highest BCUT2D eigenvalue weighted by molar-refractivity contribution is 7.92. The molecule has 0 aromatic heterocycles. The van der Waals surface area contributed by atoms with Crippen molar-refractivity contribution in [3.8, 4) is 17.2 Å². The van der Waals surface area contributed by atoms with E-state index in [0.29, 0.717) is 34.2 Å². The highest BCUT2D eigenvalue weighted by atomic mass is 32.2. The van der Waals surface area contributed by atoms with Gasteiger partial charge in [0.2, 0.25) is 6.79 Å². The molecule has 172 valence electrons. The Kier molecular flexibility index (Phi) is 6.15. The van der Waals surface area contributed by atoms with Crippen LogP contribution in [0.2, 0.25) is 0 Å². The predicted molar refractivity (Wildman–Crippen MR) is 125 cm³/mol. The largest absolute Gasteiger partial charge is 0.483 e. The molecular weight excluding hydrogens is 444 g/mol. The number of aryl methyl sites for hydroxylation is 3. The summed E-state index contributed by atoms with van der Waals surface area (Å²) >= 11 is 0. The fourth-order valence-corrected chi connectivity index (χ4v) is 4.42. The molecule has 3 aromatic rings. The van der Waals surface area contributed by atoms with Crippen molar-refractivity contribution in [2.45, 2.75) is 25.7 Å². The quantitative estimate of drug-likeness (QED) is 0.540. The van der Waals surface area contributed by atoms with Crippen LogP contribution in [0.4, 0.5) is 11.4 Å². The third-order valence-electron chi connectivity index (χ3n) is 5.23. The highest BCUT2D eigenvalue weighted by Crippen LogP contribution is 2.34. The molecule has 9 heteroatoms. The monoisotopic (exact) mass is 468 g/mol. The minimum absolute atomic E-state index is 0.107. The Balaban J connectivity index is 1.38. The molecule has 0 unspecified atom stereocenters. The normalized spacial score (nSPS) is 12.3. The summed E-state index contributed by atoms with van der Waals surface area (Å²) < 4.78 is 44.3. The van der Waals surface area contributed by atoms with Gasteiger partial charge in [-0.1, -0.05) is 6.07 Å². The fraction of sp³-hybridized carbons (Fsp3) is 0.208. The first kappa shape index (κ1) is 22.5. The van der Waals surface area contributed by atoms with Crippen LogP contribution in [0.5, 0.6) is 17.2 Å². The van der Waals surface area contributed by atoms with Crippen molar-refractivity contribution in [3.63, 3.8) is 0 Å². The number of rotatable bonds is 7. The zero-order valence-corrected chi connectivity index (χ0v) is 19.3. The summed E-state index contributed by atoms with van der Waals surface area (Å²) in [6.07, 6.45) is 0. The first-order chi connectivity index (χ1) is 15.7. The summed E-state index contributed by atoms with van der Waals surface area (Å²) in [7, 11) is -3.77. The van der Waals surface area contributed by atoms with E-state index in [4.69, 9.17) is 14.2 Å². The molecule has 3 aromatic carbocycles. The number of nitrogens with one attached hydrogen (secondary N) is 2. The lowest BCUT2D eigenvalue weighted by Gasteiger charge is -2.13. The second kappa shape index (κ2) is 9.03. The van der Waals surface area contributed by atoms with Gasteiger partial charge in [-0.25, -0.2) is 8.42 Å². The first-order valence-corrected chi connectivity index (χ1v) is 11.7. The minimum atomic E-state index is -3.77. The molecule has 1 aliphatic heterocycles. The molecule has 0 radical (unpaired) electrons. The molecule has 33 heavy (non-hydrogen) atoms. The summed E-state index contributed by atoms with van der Waals surface area (Å²) in [5, 5.41) is 2.73. The fourth-order valence-electron chi connectivity index (χ4n) is 3.28. The van der Waals surface area contributed by atoms with Crippen LogP contribution in [-0.2, 0) is 14.8 Å². The number of fused-ring (bicyclic) bond motifs is 1. The Labute approximate surface area is 192 Å². The number of carbonyl (C=O) groups is 1. The SMILES string of the molecule is Cc1ccc(NS(=O)(=O)c2ccc(OCC(=O)Nc3ccc4c(c3)OCO4)c(C)c2)cc1C. The van der Waals surface area contributed by atoms with Crippen LogP contribution in [0.15, 0.2) is 59.5 Å². The Morgan fingerprint density at radius 2 is 1.64 bits per heavy atom. The van der Waals surface area contributed by atoms with Crippen LogP contribution >= 0.6 is 0 Å². The van der Waals surface area contributed by atoms with Crippen LogP contribution in [0, 0.1) is 20.8 Å². The van der Waals surface area contributed by atoms with Crippen molar-refractivity contribution < 1.29 is 27.4 Å². The van der Waals surface area contributed by atoms with Gasteiger partial charge < -0.3 is 19.5 Å². The molecule has 1 amide bonds. The van der Waals surface area contributed by atoms with E-state index in [0.717, 1.165) is 11.1 Å². The molecule has 0 spiro atoms. The molecule has 0 bridgehead atoms. The number of anilines is 2. The second-order valence-electron chi connectivity index (χ2n) is 7.74. The van der Waals surface area contributed by atoms with E-state index in [-0.39, 0.29) is 24.2 Å². The van der Waals surface area contributed by atoms with Gasteiger partial charge in [0.15, 0.2) is 18.1 Å². The first-order valence-electron chi connectivity index (χ1n) is 10.2. The molecule has 0 saturated heterocycles. The number of hydrogen-bond acceptors (Lipinski definition) is 6. The van der Waals surface area contributed by atoms with E-state index in [2.05, 4.69) is 10.0 Å². The van der Waals surface area contributed by atoms with Crippen LogP contribution in [-0.4, -0.2) is 27.7 Å². The summed E-state index contributed by atoms with van der Waals surface area (Å²) in [6, 6.07) is 15.0. The number of hydrogen-bond donors (Lipinski definition) is 2. The van der Waals surface area contributed by atoms with Gasteiger partial charge >= 0.3 is 0 Å². The van der Waals surface area contributed by atoms with Crippen LogP contribution in [0.3, 0.4) is 0 Å². The topological polar surface area (TPSA) is 103 Å². The molecule has 4 rings (SSSR count). The average Bonchev–Trinajstić information content (AvgIpc) is 3.23. The lowest BCUT2D eigenvalue weighted by Crippen LogP contribution is -2.20. The maximum Gasteiger partial charge on any atom is 0.262 e. The average molecular weight is 469 g/mol. The van der Waals surface area contributed by atoms with Gasteiger partial charge in [0.1, 0.15) is 5.75 Å². The molecule has 1 aliphatic rings. The van der Waals surface area contributed by atoms with E-state index in [1.165, 1.54) is 18.2 Å². The van der Waals surface area contributed by atoms with Crippen LogP contribution in [0.1, 0.15) is 16.7 Å². The molecule has 1 heterocycles. The summed E-state index contributed by atoms with van der Waals surface area (Å²) in [4.78, 5) is 12.4. The Bertz CT molecular complexity index is 1320. The van der Waals surface area contributed by atoms with Gasteiger partial charge in [0.05, 0.1) is 4.90 Å².